The highest BCUT2D eigenvalue weighted by atomic mass is 79.9. The van der Waals surface area contributed by atoms with E-state index >= 15 is 0 Å². The van der Waals surface area contributed by atoms with Crippen molar-refractivity contribution < 1.29 is 0 Å². The van der Waals surface area contributed by atoms with Crippen LogP contribution in [0.2, 0.25) is 0 Å². The maximum atomic E-state index is 8.92. The smallest absolute Gasteiger partial charge is 0.135 e. The predicted molar refractivity (Wildman–Crippen MR) is 76.4 cm³/mol. The molecule has 0 aliphatic heterocycles. The van der Waals surface area contributed by atoms with Crippen LogP contribution in [0.4, 0.5) is 0 Å². The third-order valence-electron chi connectivity index (χ3n) is 2.53. The third kappa shape index (κ3) is 3.15. The number of rotatable bonds is 1. The summed E-state index contributed by atoms with van der Waals surface area (Å²) in [5.41, 5.74) is 1.95. The van der Waals surface area contributed by atoms with Gasteiger partial charge < -0.3 is 0 Å². The number of nitriles is 1. The summed E-state index contributed by atoms with van der Waals surface area (Å²) >= 11 is 3.40. The van der Waals surface area contributed by atoms with Crippen molar-refractivity contribution in [3.63, 3.8) is 0 Å². The lowest BCUT2D eigenvalue weighted by Crippen LogP contribution is -2.16. The minimum Gasteiger partial charge on any atom is -0.263 e. The molecule has 0 atom stereocenters. The van der Waals surface area contributed by atoms with Gasteiger partial charge in [-0.25, -0.2) is 9.97 Å². The number of nitrogens with zero attached hydrogens (tertiary/aromatic N) is 4. The Morgan fingerprint density at radius 2 is 1.89 bits per heavy atom. The van der Waals surface area contributed by atoms with Crippen molar-refractivity contribution in [2.45, 2.75) is 26.2 Å². The van der Waals surface area contributed by atoms with Gasteiger partial charge in [0, 0.05) is 23.4 Å². The van der Waals surface area contributed by atoms with Gasteiger partial charge in [-0.05, 0) is 28.1 Å². The summed E-state index contributed by atoms with van der Waals surface area (Å²) in [5, 5.41) is 8.92. The molecule has 0 fully saturated rings. The Bertz CT molecular complexity index is 653. The summed E-state index contributed by atoms with van der Waals surface area (Å²) in [4.78, 5) is 13.0. The first-order chi connectivity index (χ1) is 8.90. The summed E-state index contributed by atoms with van der Waals surface area (Å²) in [5.74, 6) is 0.749. The maximum Gasteiger partial charge on any atom is 0.135 e. The molecule has 0 spiro atoms. The van der Waals surface area contributed by atoms with Gasteiger partial charge in [-0.15, -0.1) is 0 Å². The molecule has 2 heterocycles. The zero-order chi connectivity index (χ0) is 14.0. The van der Waals surface area contributed by atoms with Crippen molar-refractivity contribution in [1.82, 2.24) is 15.0 Å². The summed E-state index contributed by atoms with van der Waals surface area (Å²) in [6.45, 7) is 6.17. The van der Waals surface area contributed by atoms with E-state index in [1.165, 1.54) is 6.20 Å². The van der Waals surface area contributed by atoms with Crippen molar-refractivity contribution in [2.24, 2.45) is 0 Å². The number of aromatic nitrogens is 3. The molecule has 0 bridgehead atoms. The summed E-state index contributed by atoms with van der Waals surface area (Å²) in [6.07, 6.45) is 3.23. The van der Waals surface area contributed by atoms with Crippen molar-refractivity contribution in [3.05, 3.63) is 40.5 Å². The largest absolute Gasteiger partial charge is 0.263 e. The van der Waals surface area contributed by atoms with Gasteiger partial charge in [0.05, 0.1) is 11.3 Å². The SMILES string of the molecule is CC(C)(C)c1nc(Br)cc(-c2cncc(C#N)c2)n1. The average Bonchev–Trinajstić information content (AvgIpc) is 2.37. The topological polar surface area (TPSA) is 62.5 Å². The molecular formula is C14H13BrN4. The molecule has 0 saturated carbocycles. The predicted octanol–water partition coefficient (Wildman–Crippen LogP) is 3.47. The molecule has 5 heteroatoms. The molecule has 2 rings (SSSR count). The van der Waals surface area contributed by atoms with E-state index < -0.39 is 0 Å². The standard InChI is InChI=1S/C14H13BrN4/c1-14(2,3)13-18-11(5-12(15)19-13)10-4-9(6-16)7-17-8-10/h4-5,7-8H,1-3H3. The van der Waals surface area contributed by atoms with E-state index in [1.807, 2.05) is 6.07 Å². The van der Waals surface area contributed by atoms with E-state index in [2.05, 4.69) is 57.7 Å². The second-order valence-corrected chi connectivity index (χ2v) is 6.04. The average molecular weight is 317 g/mol. The normalized spacial score (nSPS) is 11.1. The Morgan fingerprint density at radius 1 is 1.16 bits per heavy atom. The summed E-state index contributed by atoms with van der Waals surface area (Å²) in [7, 11) is 0. The molecule has 96 valence electrons. The maximum absolute atomic E-state index is 8.92. The molecule has 0 saturated heterocycles. The van der Waals surface area contributed by atoms with E-state index in [-0.39, 0.29) is 5.41 Å². The van der Waals surface area contributed by atoms with E-state index in [0.717, 1.165) is 21.7 Å². The van der Waals surface area contributed by atoms with Crippen molar-refractivity contribution in [3.8, 4) is 17.3 Å². The van der Waals surface area contributed by atoms with Crippen LogP contribution in [0.3, 0.4) is 0 Å². The minimum atomic E-state index is -0.140. The Balaban J connectivity index is 2.57. The first-order valence-electron chi connectivity index (χ1n) is 5.81. The number of halogens is 1. The van der Waals surface area contributed by atoms with Crippen LogP contribution < -0.4 is 0 Å². The molecule has 2 aromatic heterocycles. The fraction of sp³-hybridized carbons (Fsp3) is 0.286. The first kappa shape index (κ1) is 13.6. The van der Waals surface area contributed by atoms with Crippen molar-refractivity contribution >= 4 is 15.9 Å². The quantitative estimate of drug-likeness (QED) is 0.756. The second kappa shape index (κ2) is 5.06. The molecule has 0 aliphatic carbocycles. The Labute approximate surface area is 120 Å². The molecule has 19 heavy (non-hydrogen) atoms. The zero-order valence-corrected chi connectivity index (χ0v) is 12.6. The molecule has 0 N–H and O–H groups in total. The second-order valence-electron chi connectivity index (χ2n) is 5.22. The molecule has 0 unspecified atom stereocenters. The lowest BCUT2D eigenvalue weighted by molar-refractivity contribution is 0.544. The van der Waals surface area contributed by atoms with Crippen LogP contribution in [0.5, 0.6) is 0 Å². The molecular weight excluding hydrogens is 304 g/mol. The highest BCUT2D eigenvalue weighted by Gasteiger charge is 2.19. The van der Waals surface area contributed by atoms with Gasteiger partial charge in [-0.2, -0.15) is 5.26 Å². The molecule has 4 nitrogen and oxygen atoms in total. The first-order valence-corrected chi connectivity index (χ1v) is 6.60. The lowest BCUT2D eigenvalue weighted by atomic mass is 9.95. The van der Waals surface area contributed by atoms with Gasteiger partial charge in [0.2, 0.25) is 0 Å². The molecule has 2 aromatic rings. The zero-order valence-electron chi connectivity index (χ0n) is 11.0. The van der Waals surface area contributed by atoms with Crippen LogP contribution in [-0.4, -0.2) is 15.0 Å². The Kier molecular flexibility index (Phi) is 3.63. The van der Waals surface area contributed by atoms with Crippen LogP contribution >= 0.6 is 15.9 Å². The van der Waals surface area contributed by atoms with Gasteiger partial charge in [0.15, 0.2) is 0 Å². The van der Waals surface area contributed by atoms with E-state index in [4.69, 9.17) is 5.26 Å². The van der Waals surface area contributed by atoms with E-state index in [1.54, 1.807) is 12.3 Å². The molecule has 0 amide bonds. The monoisotopic (exact) mass is 316 g/mol. The van der Waals surface area contributed by atoms with Crippen LogP contribution in [-0.2, 0) is 5.41 Å². The van der Waals surface area contributed by atoms with Crippen LogP contribution in [0.15, 0.2) is 29.1 Å². The summed E-state index contributed by atoms with van der Waals surface area (Å²) in [6, 6.07) is 5.68. The van der Waals surface area contributed by atoms with Crippen LogP contribution in [0, 0.1) is 11.3 Å². The van der Waals surface area contributed by atoms with Gasteiger partial charge in [-0.3, -0.25) is 4.98 Å². The van der Waals surface area contributed by atoms with Gasteiger partial charge in [0.25, 0.3) is 0 Å². The minimum absolute atomic E-state index is 0.140. The number of hydrogen-bond acceptors (Lipinski definition) is 4. The summed E-state index contributed by atoms with van der Waals surface area (Å²) < 4.78 is 0.727. The highest BCUT2D eigenvalue weighted by Crippen LogP contribution is 2.25. The van der Waals surface area contributed by atoms with Gasteiger partial charge >= 0.3 is 0 Å². The number of pyridine rings is 1. The number of hydrogen-bond donors (Lipinski definition) is 0. The van der Waals surface area contributed by atoms with Gasteiger partial charge in [-0.1, -0.05) is 20.8 Å². The Hall–Kier alpha value is -1.80. The van der Waals surface area contributed by atoms with Gasteiger partial charge in [0.1, 0.15) is 16.5 Å². The highest BCUT2D eigenvalue weighted by molar-refractivity contribution is 9.10. The fourth-order valence-electron chi connectivity index (χ4n) is 1.54. The van der Waals surface area contributed by atoms with Crippen molar-refractivity contribution in [2.75, 3.05) is 0 Å². The van der Waals surface area contributed by atoms with Crippen LogP contribution in [0.1, 0.15) is 32.2 Å². The van der Waals surface area contributed by atoms with E-state index in [9.17, 15) is 0 Å². The molecule has 0 radical (unpaired) electrons. The van der Waals surface area contributed by atoms with E-state index in [0.29, 0.717) is 5.56 Å². The Morgan fingerprint density at radius 3 is 2.53 bits per heavy atom. The van der Waals surface area contributed by atoms with Crippen molar-refractivity contribution in [1.29, 1.82) is 5.26 Å². The lowest BCUT2D eigenvalue weighted by Gasteiger charge is -2.17. The third-order valence-corrected chi connectivity index (χ3v) is 2.94. The molecule has 0 aliphatic rings. The fourth-order valence-corrected chi connectivity index (χ4v) is 1.93. The van der Waals surface area contributed by atoms with Crippen LogP contribution in [0.25, 0.3) is 11.3 Å². The molecule has 0 aromatic carbocycles.